The third-order valence-electron chi connectivity index (χ3n) is 2.63. The summed E-state index contributed by atoms with van der Waals surface area (Å²) in [6, 6.07) is 11.8. The third-order valence-corrected chi connectivity index (χ3v) is 2.72. The highest BCUT2D eigenvalue weighted by atomic mass is 32.1. The SMILES string of the molecule is [C-]#[N+]c1ccc(/C=C/c2ccc(N=C=S)c(F)c2)cc1. The van der Waals surface area contributed by atoms with E-state index >= 15 is 0 Å². The Morgan fingerprint density at radius 3 is 2.35 bits per heavy atom. The first-order chi connectivity index (χ1) is 9.72. The number of nitrogens with zero attached hydrogens (tertiary/aromatic N) is 2. The van der Waals surface area contributed by atoms with Crippen LogP contribution in [0, 0.1) is 12.4 Å². The van der Waals surface area contributed by atoms with Gasteiger partial charge in [0.15, 0.2) is 5.69 Å². The zero-order valence-corrected chi connectivity index (χ0v) is 11.2. The van der Waals surface area contributed by atoms with Crippen molar-refractivity contribution in [2.24, 2.45) is 4.99 Å². The number of hydrogen-bond donors (Lipinski definition) is 0. The molecule has 0 N–H and O–H groups in total. The Morgan fingerprint density at radius 2 is 1.75 bits per heavy atom. The van der Waals surface area contributed by atoms with Gasteiger partial charge < -0.3 is 0 Å². The molecule has 0 heterocycles. The molecule has 0 saturated carbocycles. The van der Waals surface area contributed by atoms with E-state index in [0.29, 0.717) is 5.69 Å². The highest BCUT2D eigenvalue weighted by Gasteiger charge is 2.00. The van der Waals surface area contributed by atoms with Gasteiger partial charge in [-0.2, -0.15) is 4.99 Å². The van der Waals surface area contributed by atoms with E-state index in [1.807, 2.05) is 18.2 Å². The monoisotopic (exact) mass is 280 g/mol. The molecule has 0 aliphatic rings. The normalized spacial score (nSPS) is 10.0. The van der Waals surface area contributed by atoms with Crippen LogP contribution in [0.4, 0.5) is 15.8 Å². The van der Waals surface area contributed by atoms with E-state index in [0.717, 1.165) is 11.1 Å². The molecule has 0 aliphatic carbocycles. The number of halogens is 1. The Labute approximate surface area is 121 Å². The number of rotatable bonds is 3. The lowest BCUT2D eigenvalue weighted by molar-refractivity contribution is 0.630. The number of aliphatic imine (C=N–C) groups is 1. The lowest BCUT2D eigenvalue weighted by atomic mass is 10.1. The van der Waals surface area contributed by atoms with Gasteiger partial charge in [0.25, 0.3) is 0 Å². The van der Waals surface area contributed by atoms with Crippen molar-refractivity contribution < 1.29 is 4.39 Å². The highest BCUT2D eigenvalue weighted by Crippen LogP contribution is 2.20. The molecule has 0 aromatic heterocycles. The topological polar surface area (TPSA) is 16.7 Å². The van der Waals surface area contributed by atoms with Crippen molar-refractivity contribution in [1.29, 1.82) is 0 Å². The molecule has 4 heteroatoms. The molecule has 20 heavy (non-hydrogen) atoms. The van der Waals surface area contributed by atoms with Crippen LogP contribution in [0.1, 0.15) is 11.1 Å². The minimum absolute atomic E-state index is 0.179. The summed E-state index contributed by atoms with van der Waals surface area (Å²) in [5.41, 5.74) is 2.44. The fraction of sp³-hybridized carbons (Fsp3) is 0. The molecule has 0 unspecified atom stereocenters. The molecule has 2 aromatic rings. The van der Waals surface area contributed by atoms with Crippen molar-refractivity contribution >= 4 is 40.9 Å². The van der Waals surface area contributed by atoms with Gasteiger partial charge in [0.05, 0.1) is 11.7 Å². The number of thiocarbonyl (C=S) groups is 1. The smallest absolute Gasteiger partial charge is 0.187 e. The maximum Gasteiger partial charge on any atom is 0.187 e. The van der Waals surface area contributed by atoms with E-state index in [-0.39, 0.29) is 5.69 Å². The second-order valence-corrected chi connectivity index (χ2v) is 4.13. The van der Waals surface area contributed by atoms with Gasteiger partial charge in [-0.1, -0.05) is 42.5 Å². The van der Waals surface area contributed by atoms with Crippen molar-refractivity contribution in [2.75, 3.05) is 0 Å². The second-order valence-electron chi connectivity index (χ2n) is 3.95. The van der Waals surface area contributed by atoms with E-state index in [4.69, 9.17) is 6.57 Å². The molecule has 2 nitrogen and oxygen atoms in total. The van der Waals surface area contributed by atoms with Crippen LogP contribution in [0.5, 0.6) is 0 Å². The average molecular weight is 280 g/mol. The molecule has 0 saturated heterocycles. The van der Waals surface area contributed by atoms with Crippen LogP contribution in [-0.2, 0) is 0 Å². The zero-order chi connectivity index (χ0) is 14.4. The molecule has 0 spiro atoms. The van der Waals surface area contributed by atoms with Crippen LogP contribution < -0.4 is 0 Å². The van der Waals surface area contributed by atoms with Crippen LogP contribution >= 0.6 is 12.2 Å². The van der Waals surface area contributed by atoms with Crippen LogP contribution in [0.3, 0.4) is 0 Å². The van der Waals surface area contributed by atoms with Crippen molar-refractivity contribution in [3.05, 3.63) is 70.8 Å². The lowest BCUT2D eigenvalue weighted by Crippen LogP contribution is -1.78. The van der Waals surface area contributed by atoms with Gasteiger partial charge in [-0.25, -0.2) is 9.24 Å². The largest absolute Gasteiger partial charge is 0.238 e. The molecule has 0 aliphatic heterocycles. The Balaban J connectivity index is 2.20. The molecule has 2 aromatic carbocycles. The molecule has 0 atom stereocenters. The summed E-state index contributed by atoms with van der Waals surface area (Å²) >= 11 is 4.44. The van der Waals surface area contributed by atoms with Crippen molar-refractivity contribution in [3.8, 4) is 0 Å². The second kappa shape index (κ2) is 6.53. The van der Waals surface area contributed by atoms with Gasteiger partial charge >= 0.3 is 0 Å². The van der Waals surface area contributed by atoms with Gasteiger partial charge in [0, 0.05) is 0 Å². The third kappa shape index (κ3) is 3.46. The highest BCUT2D eigenvalue weighted by molar-refractivity contribution is 7.78. The summed E-state index contributed by atoms with van der Waals surface area (Å²) in [4.78, 5) is 6.94. The molecular weight excluding hydrogens is 271 g/mol. The summed E-state index contributed by atoms with van der Waals surface area (Å²) in [6.45, 7) is 6.87. The number of benzene rings is 2. The Hall–Kier alpha value is -2.60. The first-order valence-corrected chi connectivity index (χ1v) is 6.17. The predicted molar refractivity (Wildman–Crippen MR) is 82.7 cm³/mol. The van der Waals surface area contributed by atoms with Crippen LogP contribution in [0.25, 0.3) is 17.0 Å². The van der Waals surface area contributed by atoms with Gasteiger partial charge in [-0.3, -0.25) is 0 Å². The maximum absolute atomic E-state index is 13.6. The Morgan fingerprint density at radius 1 is 1.10 bits per heavy atom. The first-order valence-electron chi connectivity index (χ1n) is 5.76. The van der Waals surface area contributed by atoms with Crippen LogP contribution in [0.15, 0.2) is 47.5 Å². The summed E-state index contributed by atoms with van der Waals surface area (Å²) in [5, 5.41) is 2.14. The summed E-state index contributed by atoms with van der Waals surface area (Å²) in [7, 11) is 0. The lowest BCUT2D eigenvalue weighted by Gasteiger charge is -1.98. The Kier molecular flexibility index (Phi) is 4.52. The summed E-state index contributed by atoms with van der Waals surface area (Å²) in [5.74, 6) is -0.437. The van der Waals surface area contributed by atoms with Gasteiger partial charge in [-0.15, -0.1) is 0 Å². The van der Waals surface area contributed by atoms with E-state index < -0.39 is 5.82 Å². The summed E-state index contributed by atoms with van der Waals surface area (Å²) < 4.78 is 13.6. The van der Waals surface area contributed by atoms with Crippen molar-refractivity contribution in [2.45, 2.75) is 0 Å². The number of isothiocyanates is 1. The molecule has 2 rings (SSSR count). The fourth-order valence-corrected chi connectivity index (χ4v) is 1.72. The van der Waals surface area contributed by atoms with E-state index in [2.05, 4.69) is 27.2 Å². The van der Waals surface area contributed by atoms with Gasteiger partial charge in [-0.05, 0) is 35.5 Å². The predicted octanol–water partition coefficient (Wildman–Crippen LogP) is 5.28. The molecule has 0 bridgehead atoms. The van der Waals surface area contributed by atoms with Gasteiger partial charge in [0.1, 0.15) is 11.5 Å². The van der Waals surface area contributed by atoms with E-state index in [1.165, 1.54) is 6.07 Å². The van der Waals surface area contributed by atoms with Crippen LogP contribution in [0.2, 0.25) is 0 Å². The van der Waals surface area contributed by atoms with E-state index in [9.17, 15) is 4.39 Å². The molecule has 96 valence electrons. The standard InChI is InChI=1S/C16H9FN2S/c1-18-14-7-4-12(5-8-14)2-3-13-6-9-16(19-11-20)15(17)10-13/h2-10H/b3-2+. The molecule has 0 radical (unpaired) electrons. The van der Waals surface area contributed by atoms with Crippen molar-refractivity contribution in [3.63, 3.8) is 0 Å². The maximum atomic E-state index is 13.6. The minimum atomic E-state index is -0.437. The van der Waals surface area contributed by atoms with Gasteiger partial charge in [0.2, 0.25) is 0 Å². The zero-order valence-electron chi connectivity index (χ0n) is 10.4. The van der Waals surface area contributed by atoms with Crippen LogP contribution in [-0.4, -0.2) is 5.16 Å². The molecular formula is C16H9FN2S. The molecule has 0 amide bonds. The fourth-order valence-electron chi connectivity index (χ4n) is 1.62. The van der Waals surface area contributed by atoms with Crippen molar-refractivity contribution in [1.82, 2.24) is 0 Å². The number of hydrogen-bond acceptors (Lipinski definition) is 2. The summed E-state index contributed by atoms with van der Waals surface area (Å²) in [6.07, 6.45) is 3.64. The Bertz CT molecular complexity index is 736. The minimum Gasteiger partial charge on any atom is -0.238 e. The quantitative estimate of drug-likeness (QED) is 0.323. The average Bonchev–Trinajstić information content (AvgIpc) is 2.48. The molecule has 0 fully saturated rings. The first kappa shape index (κ1) is 13.8. The van der Waals surface area contributed by atoms with E-state index in [1.54, 1.807) is 30.3 Å².